The maximum atomic E-state index is 11.9. The molecular weight excluding hydrogens is 316 g/mol. The number of anilines is 2. The van der Waals surface area contributed by atoms with Gasteiger partial charge in [0.2, 0.25) is 11.0 Å². The normalized spacial score (nSPS) is 12.0. The first-order valence-corrected chi connectivity index (χ1v) is 8.62. The molecular formula is C15H20N4OS2. The van der Waals surface area contributed by atoms with E-state index >= 15 is 0 Å². The number of aromatic nitrogens is 2. The number of hydrogen-bond acceptors (Lipinski definition) is 6. The molecule has 1 aromatic carbocycles. The van der Waals surface area contributed by atoms with Gasteiger partial charge in [0.05, 0.1) is 5.25 Å². The van der Waals surface area contributed by atoms with Gasteiger partial charge in [0.15, 0.2) is 4.34 Å². The highest BCUT2D eigenvalue weighted by Gasteiger charge is 2.18. The minimum atomic E-state index is -0.170. The zero-order valence-electron chi connectivity index (χ0n) is 13.4. The van der Waals surface area contributed by atoms with E-state index < -0.39 is 0 Å². The van der Waals surface area contributed by atoms with E-state index in [1.165, 1.54) is 34.2 Å². The van der Waals surface area contributed by atoms with E-state index in [1.54, 1.807) is 19.0 Å². The Balaban J connectivity index is 2.04. The zero-order chi connectivity index (χ0) is 16.3. The molecule has 22 heavy (non-hydrogen) atoms. The predicted molar refractivity (Wildman–Crippen MR) is 93.1 cm³/mol. The second-order valence-electron chi connectivity index (χ2n) is 5.31. The summed E-state index contributed by atoms with van der Waals surface area (Å²) >= 11 is 2.89. The highest BCUT2D eigenvalue weighted by molar-refractivity contribution is 8.02. The topological polar surface area (TPSA) is 58.1 Å². The van der Waals surface area contributed by atoms with Gasteiger partial charge in [-0.3, -0.25) is 4.79 Å². The van der Waals surface area contributed by atoms with Crippen LogP contribution in [0.1, 0.15) is 18.1 Å². The fraction of sp³-hybridized carbons (Fsp3) is 0.400. The number of benzene rings is 1. The molecule has 0 saturated heterocycles. The molecule has 1 atom stereocenters. The Bertz CT molecular complexity index is 669. The van der Waals surface area contributed by atoms with Crippen LogP contribution in [0, 0.1) is 13.8 Å². The number of aryl methyl sites for hydroxylation is 2. The van der Waals surface area contributed by atoms with Crippen LogP contribution in [0.25, 0.3) is 0 Å². The first kappa shape index (κ1) is 16.8. The summed E-state index contributed by atoms with van der Waals surface area (Å²) < 4.78 is 0.787. The maximum Gasteiger partial charge on any atom is 0.235 e. The number of thioether (sulfide) groups is 1. The summed E-state index contributed by atoms with van der Waals surface area (Å²) in [6.07, 6.45) is 0. The van der Waals surface area contributed by atoms with Crippen molar-refractivity contribution in [2.75, 3.05) is 19.4 Å². The van der Waals surface area contributed by atoms with Crippen LogP contribution in [0.3, 0.4) is 0 Å². The van der Waals surface area contributed by atoms with Gasteiger partial charge in [-0.25, -0.2) is 0 Å². The number of nitrogens with zero attached hydrogens (tertiary/aromatic N) is 3. The van der Waals surface area contributed by atoms with Gasteiger partial charge in [-0.2, -0.15) is 0 Å². The van der Waals surface area contributed by atoms with Crippen molar-refractivity contribution in [3.8, 4) is 0 Å². The van der Waals surface area contributed by atoms with Crippen LogP contribution < -0.4 is 5.32 Å². The molecule has 0 fully saturated rings. The largest absolute Gasteiger partial charge is 0.348 e. The van der Waals surface area contributed by atoms with Crippen molar-refractivity contribution >= 4 is 39.8 Å². The van der Waals surface area contributed by atoms with Crippen LogP contribution in [0.5, 0.6) is 0 Å². The molecule has 0 radical (unpaired) electrons. The highest BCUT2D eigenvalue weighted by Crippen LogP contribution is 2.31. The molecule has 0 spiro atoms. The third-order valence-corrected chi connectivity index (χ3v) is 5.11. The van der Waals surface area contributed by atoms with Gasteiger partial charge < -0.3 is 10.2 Å². The monoisotopic (exact) mass is 336 g/mol. The van der Waals surface area contributed by atoms with Crippen molar-refractivity contribution in [1.29, 1.82) is 0 Å². The van der Waals surface area contributed by atoms with E-state index in [1.807, 2.05) is 13.0 Å². The standard InChI is InChI=1S/C15H20N4OS2/c1-9-6-7-12(10(2)8-9)16-14-17-18-15(22-14)21-11(3)13(20)19(4)5/h6-8,11H,1-5H3,(H,16,17)/t11-/m0/s1. The van der Waals surface area contributed by atoms with E-state index in [2.05, 4.69) is 41.5 Å². The molecule has 118 valence electrons. The summed E-state index contributed by atoms with van der Waals surface area (Å²) in [5.41, 5.74) is 3.42. The van der Waals surface area contributed by atoms with Crippen molar-refractivity contribution in [2.24, 2.45) is 0 Å². The van der Waals surface area contributed by atoms with Gasteiger partial charge in [-0.1, -0.05) is 40.8 Å². The van der Waals surface area contributed by atoms with Crippen LogP contribution in [0.2, 0.25) is 0 Å². The highest BCUT2D eigenvalue weighted by atomic mass is 32.2. The average Bonchev–Trinajstić information content (AvgIpc) is 2.88. The third-order valence-electron chi connectivity index (χ3n) is 3.10. The SMILES string of the molecule is Cc1ccc(Nc2nnc(S[C@@H](C)C(=O)N(C)C)s2)c(C)c1. The number of carbonyl (C=O) groups is 1. The molecule has 1 heterocycles. The Morgan fingerprint density at radius 2 is 2.05 bits per heavy atom. The molecule has 2 rings (SSSR count). The van der Waals surface area contributed by atoms with Crippen molar-refractivity contribution in [3.05, 3.63) is 29.3 Å². The summed E-state index contributed by atoms with van der Waals surface area (Å²) in [5, 5.41) is 12.1. The lowest BCUT2D eigenvalue weighted by Gasteiger charge is -2.14. The van der Waals surface area contributed by atoms with E-state index in [0.717, 1.165) is 15.2 Å². The molecule has 0 aliphatic heterocycles. The summed E-state index contributed by atoms with van der Waals surface area (Å²) in [6, 6.07) is 6.22. The Hall–Kier alpha value is -1.60. The lowest BCUT2D eigenvalue weighted by molar-refractivity contribution is -0.127. The van der Waals surface area contributed by atoms with Crippen LogP contribution in [-0.2, 0) is 4.79 Å². The van der Waals surface area contributed by atoms with Crippen molar-refractivity contribution in [3.63, 3.8) is 0 Å². The lowest BCUT2D eigenvalue weighted by Crippen LogP contribution is -2.29. The molecule has 0 unspecified atom stereocenters. The smallest absolute Gasteiger partial charge is 0.235 e. The molecule has 7 heteroatoms. The van der Waals surface area contributed by atoms with Crippen LogP contribution in [0.15, 0.2) is 22.5 Å². The number of amides is 1. The van der Waals surface area contributed by atoms with Gasteiger partial charge in [0.1, 0.15) is 0 Å². The third kappa shape index (κ3) is 4.20. The Morgan fingerprint density at radius 1 is 1.32 bits per heavy atom. The van der Waals surface area contributed by atoms with Crippen molar-refractivity contribution in [1.82, 2.24) is 15.1 Å². The van der Waals surface area contributed by atoms with Gasteiger partial charge in [0, 0.05) is 19.8 Å². The van der Waals surface area contributed by atoms with Crippen LogP contribution in [-0.4, -0.2) is 40.3 Å². The molecule has 1 N–H and O–H groups in total. The van der Waals surface area contributed by atoms with Crippen LogP contribution >= 0.6 is 23.1 Å². The summed E-state index contributed by atoms with van der Waals surface area (Å²) in [6.45, 7) is 6.01. The first-order chi connectivity index (χ1) is 10.4. The fourth-order valence-corrected chi connectivity index (χ4v) is 4.00. The Kier molecular flexibility index (Phi) is 5.42. The van der Waals surface area contributed by atoms with Gasteiger partial charge in [0.25, 0.3) is 0 Å². The quantitative estimate of drug-likeness (QED) is 0.847. The number of hydrogen-bond donors (Lipinski definition) is 1. The molecule has 0 aliphatic carbocycles. The van der Waals surface area contributed by atoms with Crippen molar-refractivity contribution < 1.29 is 4.79 Å². The summed E-state index contributed by atoms with van der Waals surface area (Å²) in [7, 11) is 3.51. The molecule has 0 bridgehead atoms. The summed E-state index contributed by atoms with van der Waals surface area (Å²) in [5.74, 6) is 0.0732. The number of carbonyl (C=O) groups excluding carboxylic acids is 1. The Labute approximate surface area is 139 Å². The minimum absolute atomic E-state index is 0.0732. The molecule has 0 saturated carbocycles. The van der Waals surface area contributed by atoms with Gasteiger partial charge in [-0.15, -0.1) is 10.2 Å². The average molecular weight is 336 g/mol. The minimum Gasteiger partial charge on any atom is -0.348 e. The Morgan fingerprint density at radius 3 is 2.68 bits per heavy atom. The second kappa shape index (κ2) is 7.11. The zero-order valence-corrected chi connectivity index (χ0v) is 15.0. The van der Waals surface area contributed by atoms with E-state index in [-0.39, 0.29) is 11.2 Å². The molecule has 1 aromatic heterocycles. The molecule has 1 amide bonds. The lowest BCUT2D eigenvalue weighted by atomic mass is 10.1. The predicted octanol–water partition coefficient (Wildman–Crippen LogP) is 3.47. The summed E-state index contributed by atoms with van der Waals surface area (Å²) in [4.78, 5) is 13.5. The van der Waals surface area contributed by atoms with E-state index in [9.17, 15) is 4.79 Å². The molecule has 2 aromatic rings. The fourth-order valence-electron chi connectivity index (χ4n) is 1.94. The van der Waals surface area contributed by atoms with Crippen molar-refractivity contribution in [2.45, 2.75) is 30.4 Å². The second-order valence-corrected chi connectivity index (χ2v) is 7.87. The first-order valence-electron chi connectivity index (χ1n) is 6.92. The van der Waals surface area contributed by atoms with Crippen LogP contribution in [0.4, 0.5) is 10.8 Å². The maximum absolute atomic E-state index is 11.9. The van der Waals surface area contributed by atoms with E-state index in [0.29, 0.717) is 0 Å². The number of nitrogens with one attached hydrogen (secondary N) is 1. The molecule has 5 nitrogen and oxygen atoms in total. The molecule has 0 aliphatic rings. The van der Waals surface area contributed by atoms with E-state index in [4.69, 9.17) is 0 Å². The number of rotatable bonds is 5. The van der Waals surface area contributed by atoms with Gasteiger partial charge >= 0.3 is 0 Å². The van der Waals surface area contributed by atoms with Gasteiger partial charge in [-0.05, 0) is 32.4 Å².